The number of aryl methyl sites for hydroxylation is 2. The number of halogens is 2. The molecule has 6 heteroatoms. The molecule has 2 aromatic carbocycles. The van der Waals surface area contributed by atoms with Gasteiger partial charge in [0.2, 0.25) is 0 Å². The third kappa shape index (κ3) is 2.52. The third-order valence-corrected chi connectivity index (χ3v) is 5.51. The second kappa shape index (κ2) is 6.25. The van der Waals surface area contributed by atoms with Crippen LogP contribution in [0.15, 0.2) is 47.3 Å². The van der Waals surface area contributed by atoms with Crippen LogP contribution in [0.5, 0.6) is 0 Å². The summed E-state index contributed by atoms with van der Waals surface area (Å²) in [6.45, 7) is 1.48. The van der Waals surface area contributed by atoms with Crippen molar-refractivity contribution in [2.24, 2.45) is 14.1 Å². The van der Waals surface area contributed by atoms with E-state index >= 15 is 0 Å². The maximum Gasteiger partial charge on any atom is 0.260 e. The van der Waals surface area contributed by atoms with Crippen LogP contribution in [0.4, 0.5) is 0 Å². The maximum atomic E-state index is 13.3. The van der Waals surface area contributed by atoms with Gasteiger partial charge in [0.05, 0.1) is 16.1 Å². The number of fused-ring (bicyclic) bond motifs is 3. The molecule has 0 saturated carbocycles. The monoisotopic (exact) mass is 398 g/mol. The van der Waals surface area contributed by atoms with E-state index in [4.69, 9.17) is 23.2 Å². The van der Waals surface area contributed by atoms with Crippen molar-refractivity contribution in [1.82, 2.24) is 9.13 Å². The topological polar surface area (TPSA) is 44.0 Å². The van der Waals surface area contributed by atoms with E-state index in [-0.39, 0.29) is 11.3 Å². The van der Waals surface area contributed by atoms with Gasteiger partial charge in [-0.05, 0) is 25.1 Å². The summed E-state index contributed by atoms with van der Waals surface area (Å²) in [5.74, 6) is -0.185. The van der Waals surface area contributed by atoms with E-state index in [1.165, 1.54) is 6.92 Å². The number of rotatable bonds is 2. The summed E-state index contributed by atoms with van der Waals surface area (Å²) in [6, 6.07) is 12.7. The molecule has 0 fully saturated rings. The number of para-hydroxylation sites is 1. The Morgan fingerprint density at radius 1 is 1.00 bits per heavy atom. The molecule has 2 aromatic heterocycles. The fourth-order valence-electron chi connectivity index (χ4n) is 3.81. The molecule has 4 rings (SSSR count). The van der Waals surface area contributed by atoms with Crippen molar-refractivity contribution in [1.29, 1.82) is 0 Å². The van der Waals surface area contributed by atoms with E-state index in [1.54, 1.807) is 29.8 Å². The molecule has 2 heterocycles. The Labute approximate surface area is 165 Å². The number of hydrogen-bond donors (Lipinski definition) is 0. The minimum absolute atomic E-state index is 0.185. The van der Waals surface area contributed by atoms with Gasteiger partial charge in [-0.2, -0.15) is 0 Å². The molecule has 0 atom stereocenters. The second-order valence-corrected chi connectivity index (χ2v) is 7.41. The number of benzene rings is 2. The summed E-state index contributed by atoms with van der Waals surface area (Å²) in [5.41, 5.74) is 2.55. The predicted octanol–water partition coefficient (Wildman–Crippen LogP) is 5.21. The van der Waals surface area contributed by atoms with Crippen LogP contribution in [0.25, 0.3) is 33.1 Å². The predicted molar refractivity (Wildman–Crippen MR) is 111 cm³/mol. The quantitative estimate of drug-likeness (QED) is 0.435. The zero-order valence-corrected chi connectivity index (χ0v) is 16.5. The number of nitrogens with zero attached hydrogens (tertiary/aromatic N) is 2. The lowest BCUT2D eigenvalue weighted by molar-refractivity contribution is 0.101. The highest BCUT2D eigenvalue weighted by molar-refractivity contribution is 6.37. The highest BCUT2D eigenvalue weighted by Gasteiger charge is 2.25. The number of carbonyl (C=O) groups excluding carboxylic acids is 1. The summed E-state index contributed by atoms with van der Waals surface area (Å²) < 4.78 is 3.51. The van der Waals surface area contributed by atoms with Gasteiger partial charge in [0, 0.05) is 41.0 Å². The Bertz CT molecular complexity index is 1320. The van der Waals surface area contributed by atoms with Crippen LogP contribution in [-0.4, -0.2) is 14.9 Å². The number of ketones is 1. The van der Waals surface area contributed by atoms with Gasteiger partial charge in [0.1, 0.15) is 5.65 Å². The summed E-state index contributed by atoms with van der Waals surface area (Å²) >= 11 is 12.4. The van der Waals surface area contributed by atoms with Crippen LogP contribution < -0.4 is 5.56 Å². The standard InChI is InChI=1S/C21H16Cl2N2O2/c1-11(26)17-18-14-6-4-5-7-16(14)24(2)20(18)25(3)21(27)19(17)13-9-8-12(22)10-15(13)23/h4-10H,1-3H3. The summed E-state index contributed by atoms with van der Waals surface area (Å²) in [4.78, 5) is 26.0. The molecule has 4 aromatic rings. The van der Waals surface area contributed by atoms with Crippen molar-refractivity contribution >= 4 is 50.9 Å². The van der Waals surface area contributed by atoms with E-state index in [9.17, 15) is 9.59 Å². The lowest BCUT2D eigenvalue weighted by atomic mass is 9.95. The van der Waals surface area contributed by atoms with Crippen LogP contribution in [0.3, 0.4) is 0 Å². The van der Waals surface area contributed by atoms with Gasteiger partial charge in [-0.1, -0.05) is 47.5 Å². The maximum absolute atomic E-state index is 13.3. The molecule has 0 N–H and O–H groups in total. The first-order valence-corrected chi connectivity index (χ1v) is 9.15. The van der Waals surface area contributed by atoms with Crippen molar-refractivity contribution in [3.8, 4) is 11.1 Å². The minimum Gasteiger partial charge on any atom is -0.330 e. The van der Waals surface area contributed by atoms with Gasteiger partial charge in [0.25, 0.3) is 5.56 Å². The number of carbonyl (C=O) groups is 1. The molecule has 0 aliphatic rings. The number of Topliss-reactive ketones (excluding diaryl/α,β-unsaturated/α-hetero) is 1. The van der Waals surface area contributed by atoms with Crippen LogP contribution in [0, 0.1) is 0 Å². The molecule has 0 bridgehead atoms. The molecule has 0 aliphatic heterocycles. The van der Waals surface area contributed by atoms with Crippen molar-refractivity contribution in [2.75, 3.05) is 0 Å². The smallest absolute Gasteiger partial charge is 0.260 e. The van der Waals surface area contributed by atoms with E-state index < -0.39 is 0 Å². The van der Waals surface area contributed by atoms with Gasteiger partial charge < -0.3 is 4.57 Å². The summed E-state index contributed by atoms with van der Waals surface area (Å²) in [6.07, 6.45) is 0. The largest absolute Gasteiger partial charge is 0.330 e. The van der Waals surface area contributed by atoms with Gasteiger partial charge in [-0.15, -0.1) is 0 Å². The molecule has 0 spiro atoms. The van der Waals surface area contributed by atoms with E-state index in [0.29, 0.717) is 32.4 Å². The first-order valence-electron chi connectivity index (χ1n) is 8.39. The molecule has 0 saturated heterocycles. The third-order valence-electron chi connectivity index (χ3n) is 4.96. The Balaban J connectivity index is 2.32. The van der Waals surface area contributed by atoms with Gasteiger partial charge in [-0.25, -0.2) is 0 Å². The molecular formula is C21H16Cl2N2O2. The number of hydrogen-bond acceptors (Lipinski definition) is 2. The molecule has 0 unspecified atom stereocenters. The Morgan fingerprint density at radius 2 is 1.70 bits per heavy atom. The van der Waals surface area contributed by atoms with Crippen molar-refractivity contribution in [2.45, 2.75) is 6.92 Å². The fourth-order valence-corrected chi connectivity index (χ4v) is 4.31. The normalized spacial score (nSPS) is 11.4. The van der Waals surface area contributed by atoms with E-state index in [0.717, 1.165) is 16.3 Å². The fraction of sp³-hybridized carbons (Fsp3) is 0.143. The first kappa shape index (κ1) is 17.8. The second-order valence-electron chi connectivity index (χ2n) is 6.57. The van der Waals surface area contributed by atoms with Gasteiger partial charge >= 0.3 is 0 Å². The lowest BCUT2D eigenvalue weighted by Gasteiger charge is -2.14. The highest BCUT2D eigenvalue weighted by atomic mass is 35.5. The van der Waals surface area contributed by atoms with Crippen LogP contribution >= 0.6 is 23.2 Å². The Morgan fingerprint density at radius 3 is 2.37 bits per heavy atom. The van der Waals surface area contributed by atoms with Crippen LogP contribution in [-0.2, 0) is 14.1 Å². The van der Waals surface area contributed by atoms with Crippen molar-refractivity contribution < 1.29 is 4.79 Å². The summed E-state index contributed by atoms with van der Waals surface area (Å²) in [5, 5.41) is 2.48. The average Bonchev–Trinajstić information content (AvgIpc) is 2.91. The zero-order chi connectivity index (χ0) is 19.5. The number of pyridine rings is 1. The SMILES string of the molecule is CC(=O)c1c(-c2ccc(Cl)cc2Cl)c(=O)n(C)c2c1c1ccccc1n2C. The Hall–Kier alpha value is -2.56. The molecule has 0 amide bonds. The molecule has 0 aliphatic carbocycles. The van der Waals surface area contributed by atoms with Gasteiger partial charge in [-0.3, -0.25) is 14.2 Å². The van der Waals surface area contributed by atoms with E-state index in [2.05, 4.69) is 0 Å². The van der Waals surface area contributed by atoms with Crippen molar-refractivity contribution in [3.05, 3.63) is 68.4 Å². The highest BCUT2D eigenvalue weighted by Crippen LogP contribution is 2.37. The van der Waals surface area contributed by atoms with E-state index in [1.807, 2.05) is 35.9 Å². The van der Waals surface area contributed by atoms with Crippen molar-refractivity contribution in [3.63, 3.8) is 0 Å². The molecule has 27 heavy (non-hydrogen) atoms. The van der Waals surface area contributed by atoms with Gasteiger partial charge in [0.15, 0.2) is 5.78 Å². The molecule has 136 valence electrons. The Kier molecular flexibility index (Phi) is 4.13. The zero-order valence-electron chi connectivity index (χ0n) is 15.0. The van der Waals surface area contributed by atoms with Crippen LogP contribution in [0.1, 0.15) is 17.3 Å². The lowest BCUT2D eigenvalue weighted by Crippen LogP contribution is -2.23. The summed E-state index contributed by atoms with van der Waals surface area (Å²) in [7, 11) is 3.60. The molecule has 4 nitrogen and oxygen atoms in total. The minimum atomic E-state index is -0.275. The first-order chi connectivity index (χ1) is 12.8. The average molecular weight is 399 g/mol. The number of aromatic nitrogens is 2. The molecular weight excluding hydrogens is 383 g/mol. The van der Waals surface area contributed by atoms with Crippen LogP contribution in [0.2, 0.25) is 10.0 Å². The molecule has 0 radical (unpaired) electrons.